The zero-order valence-electron chi connectivity index (χ0n) is 17.2. The van der Waals surface area contributed by atoms with Crippen LogP contribution in [-0.4, -0.2) is 25.6 Å². The van der Waals surface area contributed by atoms with E-state index >= 15 is 0 Å². The van der Waals surface area contributed by atoms with Gasteiger partial charge in [0, 0.05) is 12.1 Å². The van der Waals surface area contributed by atoms with Gasteiger partial charge in [0.05, 0.1) is 17.3 Å². The van der Waals surface area contributed by atoms with Crippen LogP contribution >= 0.6 is 0 Å². The third-order valence-corrected chi connectivity index (χ3v) is 4.96. The van der Waals surface area contributed by atoms with Gasteiger partial charge in [-0.25, -0.2) is 0 Å². The molecular formula is C21H21N5O5. The number of aromatic amines is 1. The molecule has 1 amide bonds. The lowest BCUT2D eigenvalue weighted by Gasteiger charge is -2.17. The molecule has 1 atom stereocenters. The topological polar surface area (TPSA) is 136 Å². The summed E-state index contributed by atoms with van der Waals surface area (Å²) in [4.78, 5) is 43.4. The number of nitrogens with zero attached hydrogens (tertiary/aromatic N) is 3. The SMILES string of the molecule is CCn1c(=O)c(=O)[nH]c2cc(-c3noc([C@H](NC(=O)c4ccco4)C(C)C)n3)ccc21. The predicted octanol–water partition coefficient (Wildman–Crippen LogP) is 2.48. The highest BCUT2D eigenvalue weighted by Crippen LogP contribution is 2.25. The molecule has 2 N–H and O–H groups in total. The number of nitrogens with one attached hydrogen (secondary N) is 2. The lowest BCUT2D eigenvalue weighted by atomic mass is 10.0. The van der Waals surface area contributed by atoms with Crippen LogP contribution in [0.1, 0.15) is 43.3 Å². The zero-order valence-corrected chi connectivity index (χ0v) is 17.2. The number of carbonyl (C=O) groups excluding carboxylic acids is 1. The predicted molar refractivity (Wildman–Crippen MR) is 112 cm³/mol. The molecule has 0 bridgehead atoms. The number of hydrogen-bond donors (Lipinski definition) is 2. The first-order valence-electron chi connectivity index (χ1n) is 9.84. The maximum Gasteiger partial charge on any atom is 0.316 e. The van der Waals surface area contributed by atoms with Crippen LogP contribution < -0.4 is 16.4 Å². The van der Waals surface area contributed by atoms with Gasteiger partial charge in [-0.3, -0.25) is 14.4 Å². The van der Waals surface area contributed by atoms with E-state index in [1.165, 1.54) is 10.8 Å². The number of fused-ring (bicyclic) bond motifs is 1. The zero-order chi connectivity index (χ0) is 22.1. The monoisotopic (exact) mass is 423 g/mol. The van der Waals surface area contributed by atoms with Crippen molar-refractivity contribution in [2.24, 2.45) is 5.92 Å². The van der Waals surface area contributed by atoms with Gasteiger partial charge < -0.3 is 23.8 Å². The van der Waals surface area contributed by atoms with Crippen molar-refractivity contribution in [2.75, 3.05) is 0 Å². The van der Waals surface area contributed by atoms with E-state index in [9.17, 15) is 14.4 Å². The van der Waals surface area contributed by atoms with E-state index in [0.29, 0.717) is 29.0 Å². The molecule has 0 radical (unpaired) electrons. The number of aromatic nitrogens is 4. The molecule has 4 rings (SSSR count). The number of rotatable bonds is 6. The maximum absolute atomic E-state index is 12.4. The second-order valence-corrected chi connectivity index (χ2v) is 7.36. The summed E-state index contributed by atoms with van der Waals surface area (Å²) in [5.74, 6) is 0.316. The standard InChI is InChI=1S/C21H21N5O5/c1-4-26-14-8-7-12(10-13(14)22-19(28)21(26)29)17-24-20(31-25-17)16(11(2)3)23-18(27)15-6-5-9-30-15/h5-11,16H,4H2,1-3H3,(H,22,28)(H,23,27)/t16-/m1/s1. The third-order valence-electron chi connectivity index (χ3n) is 4.96. The van der Waals surface area contributed by atoms with Crippen LogP contribution in [0.5, 0.6) is 0 Å². The molecule has 10 nitrogen and oxygen atoms in total. The van der Waals surface area contributed by atoms with Gasteiger partial charge in [0.15, 0.2) is 5.76 Å². The first-order chi connectivity index (χ1) is 14.9. The number of H-pyrrole nitrogens is 1. The first kappa shape index (κ1) is 20.3. The summed E-state index contributed by atoms with van der Waals surface area (Å²) in [7, 11) is 0. The Morgan fingerprint density at radius 2 is 2.06 bits per heavy atom. The van der Waals surface area contributed by atoms with Crippen LogP contribution in [0.15, 0.2) is 55.1 Å². The normalized spacial score (nSPS) is 12.4. The molecule has 0 fully saturated rings. The highest BCUT2D eigenvalue weighted by atomic mass is 16.5. The van der Waals surface area contributed by atoms with Gasteiger partial charge >= 0.3 is 11.1 Å². The molecule has 0 spiro atoms. The second kappa shape index (κ2) is 8.05. The van der Waals surface area contributed by atoms with Crippen molar-refractivity contribution in [3.05, 3.63) is 69.0 Å². The quantitative estimate of drug-likeness (QED) is 0.455. The molecule has 0 aliphatic rings. The summed E-state index contributed by atoms with van der Waals surface area (Å²) in [6, 6.07) is 7.82. The summed E-state index contributed by atoms with van der Waals surface area (Å²) < 4.78 is 12.0. The average molecular weight is 423 g/mol. The molecule has 160 valence electrons. The van der Waals surface area contributed by atoms with E-state index in [4.69, 9.17) is 8.94 Å². The molecule has 3 aromatic heterocycles. The van der Waals surface area contributed by atoms with E-state index in [1.807, 2.05) is 13.8 Å². The van der Waals surface area contributed by atoms with Gasteiger partial charge in [0.1, 0.15) is 6.04 Å². The molecule has 4 aromatic rings. The molecular weight excluding hydrogens is 402 g/mol. The minimum atomic E-state index is -0.694. The van der Waals surface area contributed by atoms with E-state index in [2.05, 4.69) is 20.4 Å². The molecule has 1 aromatic carbocycles. The Balaban J connectivity index is 1.67. The van der Waals surface area contributed by atoms with Crippen molar-refractivity contribution >= 4 is 16.9 Å². The van der Waals surface area contributed by atoms with Crippen molar-refractivity contribution in [1.82, 2.24) is 25.0 Å². The van der Waals surface area contributed by atoms with Gasteiger partial charge in [-0.05, 0) is 43.2 Å². The Kier molecular flexibility index (Phi) is 5.28. The summed E-state index contributed by atoms with van der Waals surface area (Å²) in [5, 5.41) is 6.87. The van der Waals surface area contributed by atoms with Crippen molar-refractivity contribution in [3.8, 4) is 11.4 Å². The average Bonchev–Trinajstić information content (AvgIpc) is 3.45. The molecule has 0 saturated carbocycles. The fraction of sp³-hybridized carbons (Fsp3) is 0.286. The molecule has 3 heterocycles. The maximum atomic E-state index is 12.4. The number of aryl methyl sites for hydroxylation is 1. The summed E-state index contributed by atoms with van der Waals surface area (Å²) in [5.41, 5.74) is 0.393. The van der Waals surface area contributed by atoms with E-state index in [-0.39, 0.29) is 23.5 Å². The third kappa shape index (κ3) is 3.79. The number of benzene rings is 1. The van der Waals surface area contributed by atoms with Crippen molar-refractivity contribution < 1.29 is 13.7 Å². The molecule has 0 aliphatic carbocycles. The molecule has 0 unspecified atom stereocenters. The largest absolute Gasteiger partial charge is 0.459 e. The van der Waals surface area contributed by atoms with Gasteiger partial charge in [0.2, 0.25) is 11.7 Å². The van der Waals surface area contributed by atoms with Gasteiger partial charge in [-0.15, -0.1) is 0 Å². The first-order valence-corrected chi connectivity index (χ1v) is 9.84. The van der Waals surface area contributed by atoms with Crippen molar-refractivity contribution in [3.63, 3.8) is 0 Å². The van der Waals surface area contributed by atoms with E-state index < -0.39 is 17.2 Å². The van der Waals surface area contributed by atoms with Gasteiger partial charge in [-0.1, -0.05) is 19.0 Å². The number of amides is 1. The van der Waals surface area contributed by atoms with E-state index in [1.54, 1.807) is 37.3 Å². The molecule has 31 heavy (non-hydrogen) atoms. The summed E-state index contributed by atoms with van der Waals surface area (Å²) >= 11 is 0. The Hall–Kier alpha value is -3.95. The highest BCUT2D eigenvalue weighted by molar-refractivity contribution is 5.91. The Morgan fingerprint density at radius 3 is 2.74 bits per heavy atom. The van der Waals surface area contributed by atoms with Crippen LogP contribution in [0.2, 0.25) is 0 Å². The lowest BCUT2D eigenvalue weighted by molar-refractivity contribution is 0.0885. The molecule has 0 aliphatic heterocycles. The Bertz CT molecular complexity index is 1350. The van der Waals surface area contributed by atoms with Crippen molar-refractivity contribution in [2.45, 2.75) is 33.4 Å². The molecule has 0 saturated heterocycles. The van der Waals surface area contributed by atoms with Crippen molar-refractivity contribution in [1.29, 1.82) is 0 Å². The Morgan fingerprint density at radius 1 is 1.26 bits per heavy atom. The smallest absolute Gasteiger partial charge is 0.316 e. The van der Waals surface area contributed by atoms with Crippen LogP contribution in [0.4, 0.5) is 0 Å². The molecule has 10 heteroatoms. The minimum absolute atomic E-state index is 0.0286. The van der Waals surface area contributed by atoms with Crippen LogP contribution in [-0.2, 0) is 6.54 Å². The minimum Gasteiger partial charge on any atom is -0.459 e. The van der Waals surface area contributed by atoms with Crippen LogP contribution in [0.3, 0.4) is 0 Å². The summed E-state index contributed by atoms with van der Waals surface area (Å²) in [6.45, 7) is 6.00. The number of furan rings is 1. The van der Waals surface area contributed by atoms with E-state index in [0.717, 1.165) is 0 Å². The van der Waals surface area contributed by atoms with Crippen LogP contribution in [0, 0.1) is 5.92 Å². The van der Waals surface area contributed by atoms with Crippen LogP contribution in [0.25, 0.3) is 22.4 Å². The highest BCUT2D eigenvalue weighted by Gasteiger charge is 2.26. The Labute approximate surface area is 175 Å². The number of carbonyl (C=O) groups is 1. The van der Waals surface area contributed by atoms with Gasteiger partial charge in [-0.2, -0.15) is 4.98 Å². The van der Waals surface area contributed by atoms with Gasteiger partial charge in [0.25, 0.3) is 5.91 Å². The fourth-order valence-electron chi connectivity index (χ4n) is 3.34. The number of hydrogen-bond acceptors (Lipinski definition) is 7. The lowest BCUT2D eigenvalue weighted by Crippen LogP contribution is -2.35. The second-order valence-electron chi connectivity index (χ2n) is 7.36. The fourth-order valence-corrected chi connectivity index (χ4v) is 3.34. The summed E-state index contributed by atoms with van der Waals surface area (Å²) in [6.07, 6.45) is 1.42.